The quantitative estimate of drug-likeness (QED) is 0.586. The van der Waals surface area contributed by atoms with Gasteiger partial charge in [0.15, 0.2) is 0 Å². The normalized spacial score (nSPS) is 15.6. The Hall–Kier alpha value is -1.97. The van der Waals surface area contributed by atoms with Crippen LogP contribution >= 0.6 is 0 Å². The molecule has 0 aliphatic carbocycles. The van der Waals surface area contributed by atoms with Gasteiger partial charge >= 0.3 is 11.8 Å². The summed E-state index contributed by atoms with van der Waals surface area (Å²) in [6.45, 7) is 2.28. The molecule has 0 aromatic heterocycles. The lowest BCUT2D eigenvalue weighted by Gasteiger charge is -2.26. The van der Waals surface area contributed by atoms with Crippen molar-refractivity contribution >= 4 is 27.5 Å². The van der Waals surface area contributed by atoms with Crippen LogP contribution in [0.15, 0.2) is 29.2 Å². The Kier molecular flexibility index (Phi) is 4.56. The van der Waals surface area contributed by atoms with Crippen LogP contribution in [-0.2, 0) is 19.6 Å². The summed E-state index contributed by atoms with van der Waals surface area (Å²) in [6, 6.07) is 5.28. The first-order valence-electron chi connectivity index (χ1n) is 6.32. The van der Waals surface area contributed by atoms with Crippen molar-refractivity contribution in [2.45, 2.75) is 4.90 Å². The Labute approximate surface area is 122 Å². The molecule has 2 amide bonds. The van der Waals surface area contributed by atoms with Gasteiger partial charge in [0.25, 0.3) is 0 Å². The molecular weight excluding hydrogens is 296 g/mol. The van der Waals surface area contributed by atoms with Crippen LogP contribution in [0, 0.1) is 0 Å². The van der Waals surface area contributed by atoms with Gasteiger partial charge in [-0.05, 0) is 24.3 Å². The molecule has 1 heterocycles. The third kappa shape index (κ3) is 4.00. The first-order valence-corrected chi connectivity index (χ1v) is 7.86. The first-order chi connectivity index (χ1) is 9.88. The predicted octanol–water partition coefficient (Wildman–Crippen LogP) is -1.30. The topological polar surface area (TPSA) is 122 Å². The molecule has 1 aliphatic heterocycles. The van der Waals surface area contributed by atoms with Crippen LogP contribution in [-0.4, -0.2) is 51.3 Å². The van der Waals surface area contributed by atoms with Gasteiger partial charge < -0.3 is 15.5 Å². The maximum absolute atomic E-state index is 11.9. The van der Waals surface area contributed by atoms with Crippen LogP contribution < -0.4 is 15.8 Å². The molecule has 0 bridgehead atoms. The fraction of sp³-hybridized carbons (Fsp3) is 0.333. The monoisotopic (exact) mass is 312 g/mol. The average molecular weight is 312 g/mol. The minimum absolute atomic E-state index is 0.0612. The zero-order valence-electron chi connectivity index (χ0n) is 11.2. The number of hydrogen-bond donors (Lipinski definition) is 3. The molecule has 9 heteroatoms. The second kappa shape index (κ2) is 6.20. The Balaban J connectivity index is 2.00. The SMILES string of the molecule is NS(=O)(=O)c1ccc(NC(=O)C(=O)N2CCNCC2)cc1. The first kappa shape index (κ1) is 15.4. The van der Waals surface area contributed by atoms with Gasteiger partial charge in [0, 0.05) is 31.9 Å². The van der Waals surface area contributed by atoms with Crippen molar-refractivity contribution in [2.24, 2.45) is 5.14 Å². The Bertz CT molecular complexity index is 636. The minimum atomic E-state index is -3.78. The molecule has 0 unspecified atom stereocenters. The van der Waals surface area contributed by atoms with Gasteiger partial charge in [-0.25, -0.2) is 13.6 Å². The molecule has 1 aromatic carbocycles. The second-order valence-electron chi connectivity index (χ2n) is 4.57. The van der Waals surface area contributed by atoms with Crippen LogP contribution in [0.2, 0.25) is 0 Å². The molecule has 0 saturated carbocycles. The van der Waals surface area contributed by atoms with E-state index in [1.54, 1.807) is 0 Å². The highest BCUT2D eigenvalue weighted by Crippen LogP contribution is 2.12. The summed E-state index contributed by atoms with van der Waals surface area (Å²) in [5.74, 6) is -1.35. The number of hydrogen-bond acceptors (Lipinski definition) is 5. The number of primary sulfonamides is 1. The highest BCUT2D eigenvalue weighted by Gasteiger charge is 2.23. The molecule has 1 aliphatic rings. The molecule has 0 radical (unpaired) electrons. The zero-order chi connectivity index (χ0) is 15.5. The number of carbonyl (C=O) groups excluding carboxylic acids is 2. The van der Waals surface area contributed by atoms with E-state index in [9.17, 15) is 18.0 Å². The van der Waals surface area contributed by atoms with E-state index in [1.165, 1.54) is 29.2 Å². The van der Waals surface area contributed by atoms with Gasteiger partial charge in [-0.1, -0.05) is 0 Å². The summed E-state index contributed by atoms with van der Waals surface area (Å²) >= 11 is 0. The summed E-state index contributed by atoms with van der Waals surface area (Å²) < 4.78 is 22.2. The predicted molar refractivity (Wildman–Crippen MR) is 75.9 cm³/mol. The molecule has 0 atom stereocenters. The molecule has 0 spiro atoms. The minimum Gasteiger partial charge on any atom is -0.332 e. The van der Waals surface area contributed by atoms with E-state index in [0.717, 1.165) is 0 Å². The molecule has 1 fully saturated rings. The Morgan fingerprint density at radius 3 is 2.24 bits per heavy atom. The molecular formula is C12H16N4O4S. The molecule has 21 heavy (non-hydrogen) atoms. The fourth-order valence-corrected chi connectivity index (χ4v) is 2.44. The number of nitrogens with zero attached hydrogens (tertiary/aromatic N) is 1. The highest BCUT2D eigenvalue weighted by molar-refractivity contribution is 7.89. The van der Waals surface area contributed by atoms with Crippen LogP contribution in [0.1, 0.15) is 0 Å². The van der Waals surface area contributed by atoms with Crippen molar-refractivity contribution < 1.29 is 18.0 Å². The van der Waals surface area contributed by atoms with E-state index in [1.807, 2.05) is 0 Å². The zero-order valence-corrected chi connectivity index (χ0v) is 12.0. The molecule has 4 N–H and O–H groups in total. The number of rotatable bonds is 2. The number of amides is 2. The van der Waals surface area contributed by atoms with E-state index in [-0.39, 0.29) is 4.90 Å². The van der Waals surface area contributed by atoms with Gasteiger partial charge in [-0.2, -0.15) is 0 Å². The number of nitrogens with two attached hydrogens (primary N) is 1. The number of sulfonamides is 1. The Morgan fingerprint density at radius 2 is 1.71 bits per heavy atom. The maximum Gasteiger partial charge on any atom is 0.313 e. The number of benzene rings is 1. The fourth-order valence-electron chi connectivity index (χ4n) is 1.92. The summed E-state index contributed by atoms with van der Waals surface area (Å²) in [6.07, 6.45) is 0. The number of anilines is 1. The second-order valence-corrected chi connectivity index (χ2v) is 6.13. The van der Waals surface area contributed by atoms with Gasteiger partial charge in [0.05, 0.1) is 4.90 Å². The molecule has 1 aromatic rings. The van der Waals surface area contributed by atoms with Crippen molar-refractivity contribution in [1.29, 1.82) is 0 Å². The van der Waals surface area contributed by atoms with Gasteiger partial charge in [0.1, 0.15) is 0 Å². The molecule has 2 rings (SSSR count). The van der Waals surface area contributed by atoms with Crippen LogP contribution in [0.3, 0.4) is 0 Å². The molecule has 8 nitrogen and oxygen atoms in total. The van der Waals surface area contributed by atoms with Crippen LogP contribution in [0.4, 0.5) is 5.69 Å². The summed E-state index contributed by atoms with van der Waals surface area (Å²) in [7, 11) is -3.78. The smallest absolute Gasteiger partial charge is 0.313 e. The van der Waals surface area contributed by atoms with Crippen molar-refractivity contribution in [1.82, 2.24) is 10.2 Å². The van der Waals surface area contributed by atoms with Gasteiger partial charge in [-0.15, -0.1) is 0 Å². The van der Waals surface area contributed by atoms with Gasteiger partial charge in [0.2, 0.25) is 10.0 Å². The number of nitrogens with one attached hydrogen (secondary N) is 2. The maximum atomic E-state index is 11.9. The van der Waals surface area contributed by atoms with Gasteiger partial charge in [-0.3, -0.25) is 9.59 Å². The van der Waals surface area contributed by atoms with E-state index < -0.39 is 21.8 Å². The molecule has 1 saturated heterocycles. The van der Waals surface area contributed by atoms with E-state index in [4.69, 9.17) is 5.14 Å². The van der Waals surface area contributed by atoms with Crippen molar-refractivity contribution in [2.75, 3.05) is 31.5 Å². The highest BCUT2D eigenvalue weighted by atomic mass is 32.2. The molecule has 114 valence electrons. The lowest BCUT2D eigenvalue weighted by Crippen LogP contribution is -2.49. The van der Waals surface area contributed by atoms with Crippen molar-refractivity contribution in [3.63, 3.8) is 0 Å². The van der Waals surface area contributed by atoms with Crippen LogP contribution in [0.5, 0.6) is 0 Å². The van der Waals surface area contributed by atoms with E-state index in [0.29, 0.717) is 31.9 Å². The van der Waals surface area contributed by atoms with Crippen LogP contribution in [0.25, 0.3) is 0 Å². The van der Waals surface area contributed by atoms with E-state index in [2.05, 4.69) is 10.6 Å². The largest absolute Gasteiger partial charge is 0.332 e. The summed E-state index contributed by atoms with van der Waals surface area (Å²) in [5.41, 5.74) is 0.330. The lowest BCUT2D eigenvalue weighted by atomic mass is 10.3. The van der Waals surface area contributed by atoms with Crippen molar-refractivity contribution in [3.05, 3.63) is 24.3 Å². The third-order valence-electron chi connectivity index (χ3n) is 3.04. The lowest BCUT2D eigenvalue weighted by molar-refractivity contribution is -0.143. The van der Waals surface area contributed by atoms with E-state index >= 15 is 0 Å². The number of carbonyl (C=O) groups is 2. The summed E-state index contributed by atoms with van der Waals surface area (Å²) in [5, 5.41) is 10.5. The summed E-state index contributed by atoms with van der Waals surface area (Å²) in [4.78, 5) is 25.1. The third-order valence-corrected chi connectivity index (χ3v) is 3.97. The van der Waals surface area contributed by atoms with Crippen molar-refractivity contribution in [3.8, 4) is 0 Å². The standard InChI is InChI=1S/C12H16N4O4S/c13-21(19,20)10-3-1-9(2-4-10)15-11(17)12(18)16-7-5-14-6-8-16/h1-4,14H,5-8H2,(H,15,17)(H2,13,19,20). The average Bonchev–Trinajstić information content (AvgIpc) is 2.47. The number of piperazine rings is 1. The Morgan fingerprint density at radius 1 is 1.14 bits per heavy atom.